The molecule has 2 N–H and O–H groups in total. The summed E-state index contributed by atoms with van der Waals surface area (Å²) in [6.07, 6.45) is 0.746. The minimum atomic E-state index is -0.826. The quantitative estimate of drug-likeness (QED) is 0.811. The summed E-state index contributed by atoms with van der Waals surface area (Å²) >= 11 is 5.43. The van der Waals surface area contributed by atoms with Crippen molar-refractivity contribution in [3.05, 3.63) is 34.4 Å². The Morgan fingerprint density at radius 1 is 1.44 bits per heavy atom. The van der Waals surface area contributed by atoms with Gasteiger partial charge in [-0.3, -0.25) is 4.79 Å². The van der Waals surface area contributed by atoms with Crippen molar-refractivity contribution in [3.8, 4) is 0 Å². The number of hydrogen-bond donors (Lipinski definition) is 2. The highest BCUT2D eigenvalue weighted by atomic mass is 35.5. The number of nitrogens with one attached hydrogen (secondary N) is 2. The molecule has 18 heavy (non-hydrogen) atoms. The first kappa shape index (κ1) is 13.2. The molecule has 1 saturated heterocycles. The number of amides is 1. The average Bonchev–Trinajstić information content (AvgIpc) is 2.70. The van der Waals surface area contributed by atoms with Crippen molar-refractivity contribution in [3.63, 3.8) is 0 Å². The van der Waals surface area contributed by atoms with Crippen molar-refractivity contribution < 1.29 is 13.6 Å². The molecule has 0 spiro atoms. The lowest BCUT2D eigenvalue weighted by atomic mass is 10.0. The molecule has 1 atom stereocenters. The van der Waals surface area contributed by atoms with Gasteiger partial charge in [-0.2, -0.15) is 0 Å². The van der Waals surface area contributed by atoms with Crippen molar-refractivity contribution in [1.29, 1.82) is 0 Å². The van der Waals surface area contributed by atoms with Crippen LogP contribution >= 0.6 is 11.6 Å². The van der Waals surface area contributed by atoms with Crippen LogP contribution in [0.3, 0.4) is 0 Å². The first-order valence-electron chi connectivity index (χ1n) is 5.59. The number of halogens is 3. The Morgan fingerprint density at radius 2 is 2.17 bits per heavy atom. The van der Waals surface area contributed by atoms with Crippen molar-refractivity contribution >= 4 is 17.5 Å². The van der Waals surface area contributed by atoms with Gasteiger partial charge in [-0.05, 0) is 32.0 Å². The van der Waals surface area contributed by atoms with E-state index in [-0.39, 0.29) is 10.6 Å². The lowest BCUT2D eigenvalue weighted by Gasteiger charge is -2.24. The lowest BCUT2D eigenvalue weighted by Crippen LogP contribution is -2.47. The van der Waals surface area contributed by atoms with Crippen LogP contribution in [0.4, 0.5) is 8.78 Å². The molecule has 1 heterocycles. The fourth-order valence-corrected chi connectivity index (χ4v) is 2.11. The number of carbonyl (C=O) groups excluding carboxylic acids is 1. The highest BCUT2D eigenvalue weighted by molar-refractivity contribution is 6.30. The molecule has 0 radical (unpaired) electrons. The zero-order valence-electron chi connectivity index (χ0n) is 9.82. The minimum Gasteiger partial charge on any atom is -0.345 e. The summed E-state index contributed by atoms with van der Waals surface area (Å²) in [6.45, 7) is 3.25. The molecule has 0 aromatic heterocycles. The van der Waals surface area contributed by atoms with Gasteiger partial charge in [0.25, 0.3) is 5.91 Å². The Morgan fingerprint density at radius 3 is 2.78 bits per heavy atom. The molecule has 1 unspecified atom stereocenters. The molecule has 1 aromatic carbocycles. The normalized spacial score (nSPS) is 23.1. The molecule has 1 aliphatic rings. The zero-order valence-corrected chi connectivity index (χ0v) is 10.6. The largest absolute Gasteiger partial charge is 0.345 e. The molecule has 6 heteroatoms. The first-order valence-corrected chi connectivity index (χ1v) is 5.97. The third-order valence-electron chi connectivity index (χ3n) is 3.04. The highest BCUT2D eigenvalue weighted by Gasteiger charge is 2.31. The van der Waals surface area contributed by atoms with Crippen LogP contribution in [0.15, 0.2) is 12.1 Å². The molecular weight excluding hydrogens is 262 g/mol. The van der Waals surface area contributed by atoms with Crippen molar-refractivity contribution in [1.82, 2.24) is 10.6 Å². The van der Waals surface area contributed by atoms with Crippen LogP contribution in [-0.4, -0.2) is 24.5 Å². The van der Waals surface area contributed by atoms with E-state index < -0.39 is 23.1 Å². The van der Waals surface area contributed by atoms with Crippen molar-refractivity contribution in [2.45, 2.75) is 18.9 Å². The lowest BCUT2D eigenvalue weighted by molar-refractivity contribution is 0.0908. The maximum absolute atomic E-state index is 13.6. The molecule has 0 bridgehead atoms. The summed E-state index contributed by atoms with van der Waals surface area (Å²) in [4.78, 5) is 11.9. The smallest absolute Gasteiger partial charge is 0.254 e. The molecule has 1 aliphatic heterocycles. The number of rotatable bonds is 2. The Labute approximate surface area is 109 Å². The summed E-state index contributed by atoms with van der Waals surface area (Å²) < 4.78 is 26.8. The summed E-state index contributed by atoms with van der Waals surface area (Å²) in [5.74, 6) is -2.26. The second-order valence-corrected chi connectivity index (χ2v) is 5.09. The molecule has 3 nitrogen and oxygen atoms in total. The Kier molecular flexibility index (Phi) is 3.54. The Bertz CT molecular complexity index is 487. The third-order valence-corrected chi connectivity index (χ3v) is 3.33. The molecule has 1 amide bonds. The van der Waals surface area contributed by atoms with E-state index in [1.54, 1.807) is 0 Å². The van der Waals surface area contributed by atoms with Gasteiger partial charge in [0, 0.05) is 6.54 Å². The van der Waals surface area contributed by atoms with Crippen LogP contribution in [0.2, 0.25) is 5.02 Å². The van der Waals surface area contributed by atoms with Crippen LogP contribution in [-0.2, 0) is 0 Å². The van der Waals surface area contributed by atoms with Crippen LogP contribution in [0.25, 0.3) is 0 Å². The second-order valence-electron chi connectivity index (χ2n) is 4.69. The maximum atomic E-state index is 13.6. The van der Waals surface area contributed by atoms with Gasteiger partial charge in [0.05, 0.1) is 16.1 Å². The average molecular weight is 275 g/mol. The first-order chi connectivity index (χ1) is 8.41. The maximum Gasteiger partial charge on any atom is 0.254 e. The summed E-state index contributed by atoms with van der Waals surface area (Å²) in [7, 11) is 0. The minimum absolute atomic E-state index is 0.329. The fraction of sp³-hybridized carbons (Fsp3) is 0.417. The van der Waals surface area contributed by atoms with Crippen molar-refractivity contribution in [2.24, 2.45) is 0 Å². The van der Waals surface area contributed by atoms with Gasteiger partial charge >= 0.3 is 0 Å². The molecular formula is C12H13ClF2N2O. The number of benzene rings is 1. The Hall–Kier alpha value is -1.20. The van der Waals surface area contributed by atoms with Gasteiger partial charge in [-0.15, -0.1) is 0 Å². The van der Waals surface area contributed by atoms with Gasteiger partial charge in [0.15, 0.2) is 0 Å². The van der Waals surface area contributed by atoms with Crippen LogP contribution in [0, 0.1) is 11.6 Å². The highest BCUT2D eigenvalue weighted by Crippen LogP contribution is 2.21. The summed E-state index contributed by atoms with van der Waals surface area (Å²) in [5.41, 5.74) is -0.760. The van der Waals surface area contributed by atoms with Gasteiger partial charge < -0.3 is 10.6 Å². The topological polar surface area (TPSA) is 41.1 Å². The summed E-state index contributed by atoms with van der Waals surface area (Å²) in [6, 6.07) is 1.62. The van der Waals surface area contributed by atoms with E-state index in [1.165, 1.54) is 0 Å². The fourth-order valence-electron chi connectivity index (χ4n) is 1.96. The Balaban J connectivity index is 2.21. The van der Waals surface area contributed by atoms with E-state index in [2.05, 4.69) is 10.6 Å². The predicted octanol–water partition coefficient (Wildman–Crippen LogP) is 2.10. The van der Waals surface area contributed by atoms with Crippen LogP contribution < -0.4 is 10.6 Å². The second kappa shape index (κ2) is 4.82. The molecule has 1 fully saturated rings. The number of hydrogen-bond acceptors (Lipinski definition) is 2. The van der Waals surface area contributed by atoms with Gasteiger partial charge in [0.2, 0.25) is 0 Å². The van der Waals surface area contributed by atoms with E-state index in [1.807, 2.05) is 6.92 Å². The monoisotopic (exact) mass is 274 g/mol. The van der Waals surface area contributed by atoms with E-state index in [9.17, 15) is 13.6 Å². The van der Waals surface area contributed by atoms with Gasteiger partial charge in [-0.25, -0.2) is 8.78 Å². The molecule has 98 valence electrons. The molecule has 0 aliphatic carbocycles. The molecule has 0 saturated carbocycles. The SMILES string of the molecule is CC1(NC(=O)c2cc(F)c(Cl)cc2F)CCNC1. The third kappa shape index (κ3) is 2.62. The zero-order chi connectivity index (χ0) is 13.3. The predicted molar refractivity (Wildman–Crippen MR) is 64.7 cm³/mol. The van der Waals surface area contributed by atoms with E-state index in [0.717, 1.165) is 25.1 Å². The molecule has 2 rings (SSSR count). The standard InChI is InChI=1S/C12H13ClF2N2O/c1-12(2-3-16-6-12)17-11(18)7-4-10(15)8(13)5-9(7)14/h4-5,16H,2-3,6H2,1H3,(H,17,18). The van der Waals surface area contributed by atoms with E-state index >= 15 is 0 Å². The number of carbonyl (C=O) groups is 1. The van der Waals surface area contributed by atoms with E-state index in [0.29, 0.717) is 6.54 Å². The van der Waals surface area contributed by atoms with Crippen molar-refractivity contribution in [2.75, 3.05) is 13.1 Å². The van der Waals surface area contributed by atoms with Gasteiger partial charge in [0.1, 0.15) is 11.6 Å². The van der Waals surface area contributed by atoms with E-state index in [4.69, 9.17) is 11.6 Å². The van der Waals surface area contributed by atoms with Gasteiger partial charge in [-0.1, -0.05) is 11.6 Å². The van der Waals surface area contributed by atoms with Crippen LogP contribution in [0.1, 0.15) is 23.7 Å². The van der Waals surface area contributed by atoms with Crippen LogP contribution in [0.5, 0.6) is 0 Å². The molecule has 1 aromatic rings. The summed E-state index contributed by atoms with van der Waals surface area (Å²) in [5, 5.41) is 5.47.